The topological polar surface area (TPSA) is 188 Å². The van der Waals surface area contributed by atoms with E-state index in [2.05, 4.69) is 20.4 Å². The van der Waals surface area contributed by atoms with Crippen molar-refractivity contribution in [3.05, 3.63) is 59.3 Å². The number of nitrogens with one attached hydrogen (secondary N) is 1. The molecule has 1 aromatic carbocycles. The van der Waals surface area contributed by atoms with Crippen molar-refractivity contribution in [1.29, 1.82) is 5.26 Å². The van der Waals surface area contributed by atoms with Crippen LogP contribution in [0.3, 0.4) is 0 Å². The Labute approximate surface area is 276 Å². The minimum absolute atomic E-state index is 0.0450. The molecule has 6 rings (SSSR count). The summed E-state index contributed by atoms with van der Waals surface area (Å²) in [5.74, 6) is 0.0426. The summed E-state index contributed by atoms with van der Waals surface area (Å²) in [4.78, 5) is 46.5. The van der Waals surface area contributed by atoms with Gasteiger partial charge in [-0.05, 0) is 37.5 Å². The van der Waals surface area contributed by atoms with Gasteiger partial charge in [0.05, 0.1) is 34.1 Å². The summed E-state index contributed by atoms with van der Waals surface area (Å²) in [5.41, 5.74) is 5.72. The number of carbonyl (C=O) groups excluding carboxylic acids is 2. The van der Waals surface area contributed by atoms with Gasteiger partial charge in [-0.3, -0.25) is 23.5 Å². The minimum Gasteiger partial charge on any atom is -0.483 e. The Morgan fingerprint density at radius 1 is 1.17 bits per heavy atom. The van der Waals surface area contributed by atoms with E-state index < -0.39 is 11.9 Å². The number of hydrogen-bond donors (Lipinski definition) is 3. The van der Waals surface area contributed by atoms with Crippen LogP contribution in [0.15, 0.2) is 43.0 Å². The molecule has 48 heavy (non-hydrogen) atoms. The molecule has 0 bridgehead atoms. The fourth-order valence-corrected chi connectivity index (χ4v) is 6.14. The third-order valence-corrected chi connectivity index (χ3v) is 8.44. The number of alkyl halides is 3. The second-order valence-electron chi connectivity index (χ2n) is 11.2. The van der Waals surface area contributed by atoms with Gasteiger partial charge >= 0.3 is 6.18 Å². The van der Waals surface area contributed by atoms with Crippen LogP contribution in [0.5, 0.6) is 0 Å². The summed E-state index contributed by atoms with van der Waals surface area (Å²) < 4.78 is 43.6. The zero-order valence-electron chi connectivity index (χ0n) is 25.3. The van der Waals surface area contributed by atoms with Crippen molar-refractivity contribution in [2.24, 2.45) is 11.7 Å². The molecule has 0 radical (unpaired) electrons. The van der Waals surface area contributed by atoms with Crippen molar-refractivity contribution in [2.45, 2.75) is 38.0 Å². The molecule has 14 nitrogen and oxygen atoms in total. The first-order valence-corrected chi connectivity index (χ1v) is 15.1. The number of piperazine rings is 1. The maximum atomic E-state index is 13.8. The van der Waals surface area contributed by atoms with E-state index in [4.69, 9.17) is 32.5 Å². The van der Waals surface area contributed by atoms with Gasteiger partial charge in [-0.1, -0.05) is 11.6 Å². The van der Waals surface area contributed by atoms with Crippen LogP contribution in [0, 0.1) is 17.2 Å². The average molecular weight is 687 g/mol. The van der Waals surface area contributed by atoms with E-state index in [-0.39, 0.29) is 64.5 Å². The number of amides is 2. The molecular weight excluding hydrogens is 657 g/mol. The Morgan fingerprint density at radius 2 is 1.88 bits per heavy atom. The van der Waals surface area contributed by atoms with Crippen LogP contribution in [0.1, 0.15) is 35.3 Å². The molecule has 1 aliphatic heterocycles. The lowest BCUT2D eigenvalue weighted by atomic mass is 10.1. The van der Waals surface area contributed by atoms with Gasteiger partial charge in [-0.25, -0.2) is 9.97 Å². The molecule has 1 saturated heterocycles. The number of carboxylic acid groups (broad SMARTS) is 1. The second-order valence-corrected chi connectivity index (χ2v) is 11.6. The first kappa shape index (κ1) is 34.1. The highest BCUT2D eigenvalue weighted by Gasteiger charge is 2.38. The van der Waals surface area contributed by atoms with E-state index in [1.807, 2.05) is 0 Å². The van der Waals surface area contributed by atoms with Crippen LogP contribution < -0.4 is 11.1 Å². The summed E-state index contributed by atoms with van der Waals surface area (Å²) in [7, 11) is 0. The van der Waals surface area contributed by atoms with Crippen LogP contribution in [0.25, 0.3) is 16.9 Å². The summed E-state index contributed by atoms with van der Waals surface area (Å²) in [5, 5.41) is 22.6. The molecule has 2 amide bonds. The smallest absolute Gasteiger partial charge is 0.435 e. The van der Waals surface area contributed by atoms with Gasteiger partial charge in [-0.2, -0.15) is 23.5 Å². The number of rotatable bonds is 6. The lowest BCUT2D eigenvalue weighted by Crippen LogP contribution is -2.51. The Kier molecular flexibility index (Phi) is 10.2. The van der Waals surface area contributed by atoms with E-state index in [9.17, 15) is 22.8 Å². The van der Waals surface area contributed by atoms with Gasteiger partial charge in [0.2, 0.25) is 5.91 Å². The van der Waals surface area contributed by atoms with Crippen molar-refractivity contribution in [3.8, 4) is 17.3 Å². The molecule has 4 N–H and O–H groups in total. The standard InChI is InChI=1S/C29H28ClF3N10O2.CH2O2/c30-22-14-19(3-4-20(22)28(45)41-11-9-40(10-12-41)27(44)17-1-2-18(35)13-17)38-25-26-37-15-23(43(26)8-6-36-25)21-16-42(7-5-34)39-24(21)29(31,32)33;2-1-3/h3-4,6,8,14-18H,1-2,7,9-13,35H2,(H,36,38);1H,(H,2,3)/t17-,18+;/m0./s1. The predicted molar refractivity (Wildman–Crippen MR) is 166 cm³/mol. The molecule has 3 aromatic heterocycles. The van der Waals surface area contributed by atoms with Gasteiger partial charge < -0.3 is 26.0 Å². The predicted octanol–water partition coefficient (Wildman–Crippen LogP) is 3.64. The average Bonchev–Trinajstić information content (AvgIpc) is 3.80. The van der Waals surface area contributed by atoms with Gasteiger partial charge in [0, 0.05) is 62.4 Å². The van der Waals surface area contributed by atoms with Gasteiger partial charge in [0.25, 0.3) is 12.4 Å². The summed E-state index contributed by atoms with van der Waals surface area (Å²) >= 11 is 6.54. The fraction of sp³-hybridized carbons (Fsp3) is 0.367. The summed E-state index contributed by atoms with van der Waals surface area (Å²) in [6.07, 6.45) is 2.90. The SMILES string of the molecule is N#CCn1cc(-c2cnc3c(Nc4ccc(C(=O)N5CCN(C(=O)[C@H]6CC[C@@H](N)C6)CC5)c(Cl)c4)nccn23)c(C(F)(F)F)n1.O=CO. The molecule has 0 unspecified atom stereocenters. The van der Waals surface area contributed by atoms with Gasteiger partial charge in [0.15, 0.2) is 17.2 Å². The molecule has 18 heteroatoms. The van der Waals surface area contributed by atoms with Crippen molar-refractivity contribution in [2.75, 3.05) is 31.5 Å². The number of hydrogen-bond acceptors (Lipinski definition) is 9. The molecule has 0 spiro atoms. The van der Waals surface area contributed by atoms with Crippen LogP contribution >= 0.6 is 11.6 Å². The summed E-state index contributed by atoms with van der Waals surface area (Å²) in [6.45, 7) is 1.07. The van der Waals surface area contributed by atoms with Crippen molar-refractivity contribution < 1.29 is 32.7 Å². The Bertz CT molecular complexity index is 1860. The van der Waals surface area contributed by atoms with Crippen LogP contribution in [0.4, 0.5) is 24.7 Å². The molecule has 2 atom stereocenters. The number of nitrogens with two attached hydrogens (primary N) is 1. The Morgan fingerprint density at radius 3 is 2.50 bits per heavy atom. The van der Waals surface area contributed by atoms with E-state index in [1.165, 1.54) is 23.0 Å². The van der Waals surface area contributed by atoms with E-state index in [0.717, 1.165) is 23.7 Å². The molecule has 1 aliphatic carbocycles. The van der Waals surface area contributed by atoms with Crippen molar-refractivity contribution in [3.63, 3.8) is 0 Å². The normalized spacial score (nSPS) is 17.8. The molecular formula is C30H30ClF3N10O4. The third kappa shape index (κ3) is 7.19. The first-order chi connectivity index (χ1) is 22.9. The molecule has 2 fully saturated rings. The third-order valence-electron chi connectivity index (χ3n) is 8.13. The largest absolute Gasteiger partial charge is 0.483 e. The highest BCUT2D eigenvalue weighted by Crippen LogP contribution is 2.37. The lowest BCUT2D eigenvalue weighted by molar-refractivity contribution is -0.141. The monoisotopic (exact) mass is 686 g/mol. The molecule has 4 heterocycles. The zero-order chi connectivity index (χ0) is 34.6. The number of imidazole rings is 1. The molecule has 1 saturated carbocycles. The maximum absolute atomic E-state index is 13.8. The van der Waals surface area contributed by atoms with Gasteiger partial charge in [0.1, 0.15) is 6.54 Å². The van der Waals surface area contributed by atoms with Crippen LogP contribution in [0.2, 0.25) is 5.02 Å². The highest BCUT2D eigenvalue weighted by atomic mass is 35.5. The number of halogens is 4. The number of aromatic nitrogens is 5. The first-order valence-electron chi connectivity index (χ1n) is 14.8. The number of anilines is 2. The van der Waals surface area contributed by atoms with E-state index in [1.54, 1.807) is 34.1 Å². The van der Waals surface area contributed by atoms with Crippen molar-refractivity contribution >= 4 is 47.0 Å². The van der Waals surface area contributed by atoms with Crippen LogP contribution in [-0.4, -0.2) is 89.6 Å². The number of nitrogens with zero attached hydrogens (tertiary/aromatic N) is 8. The summed E-state index contributed by atoms with van der Waals surface area (Å²) in [6, 6.07) is 6.64. The number of carbonyl (C=O) groups is 3. The molecule has 2 aliphatic rings. The number of nitriles is 1. The van der Waals surface area contributed by atoms with Gasteiger partial charge in [-0.15, -0.1) is 0 Å². The van der Waals surface area contributed by atoms with Crippen molar-refractivity contribution in [1.82, 2.24) is 33.9 Å². The number of benzene rings is 1. The highest BCUT2D eigenvalue weighted by molar-refractivity contribution is 6.34. The Balaban J connectivity index is 0.00000145. The maximum Gasteiger partial charge on any atom is 0.435 e. The quantitative estimate of drug-likeness (QED) is 0.253. The van der Waals surface area contributed by atoms with E-state index >= 15 is 0 Å². The zero-order valence-corrected chi connectivity index (χ0v) is 26.0. The lowest BCUT2D eigenvalue weighted by Gasteiger charge is -2.36. The van der Waals surface area contributed by atoms with Crippen LogP contribution in [-0.2, 0) is 22.3 Å². The second kappa shape index (κ2) is 14.3. The molecule has 252 valence electrons. The fourth-order valence-electron chi connectivity index (χ4n) is 5.88. The minimum atomic E-state index is -4.75. The van der Waals surface area contributed by atoms with E-state index in [0.29, 0.717) is 43.9 Å². The Hall–Kier alpha value is -5.21. The molecule has 4 aromatic rings. The number of fused-ring (bicyclic) bond motifs is 1.